The first-order valence-corrected chi connectivity index (χ1v) is 11.1. The maximum Gasteiger partial charge on any atom is 0.408 e. The van der Waals surface area contributed by atoms with Crippen molar-refractivity contribution in [2.45, 2.75) is 45.2 Å². The minimum atomic E-state index is -1.17. The molecular weight excluding hydrogens is 463 g/mol. The van der Waals surface area contributed by atoms with Crippen molar-refractivity contribution in [1.29, 1.82) is 0 Å². The van der Waals surface area contributed by atoms with E-state index >= 15 is 0 Å². The smallest absolute Gasteiger partial charge is 0.408 e. The first-order valence-electron chi connectivity index (χ1n) is 10.7. The number of carbonyl (C=O) groups is 2. The van der Waals surface area contributed by atoms with Crippen LogP contribution in [-0.4, -0.2) is 37.1 Å². The summed E-state index contributed by atoms with van der Waals surface area (Å²) in [6, 6.07) is 7.32. The number of hydrogen-bond acceptors (Lipinski definition) is 4. The lowest BCUT2D eigenvalue weighted by molar-refractivity contribution is 0.0581. The minimum absolute atomic E-state index is 0.00742. The van der Waals surface area contributed by atoms with E-state index < -0.39 is 35.0 Å². The Morgan fingerprint density at radius 3 is 2.50 bits per heavy atom. The summed E-state index contributed by atoms with van der Waals surface area (Å²) in [5.74, 6) is -1.62. The zero-order valence-electron chi connectivity index (χ0n) is 18.9. The summed E-state index contributed by atoms with van der Waals surface area (Å²) in [7, 11) is 0. The fourth-order valence-electron chi connectivity index (χ4n) is 4.27. The molecule has 2 amide bonds. The van der Waals surface area contributed by atoms with E-state index in [0.29, 0.717) is 5.52 Å². The Bertz CT molecular complexity index is 1380. The van der Waals surface area contributed by atoms with Gasteiger partial charge in [-0.2, -0.15) is 0 Å². The molecule has 1 aliphatic rings. The molecule has 1 fully saturated rings. The normalized spacial score (nSPS) is 14.7. The topological polar surface area (TPSA) is 119 Å². The molecule has 34 heavy (non-hydrogen) atoms. The number of nitrogens with zero attached hydrogens (tertiary/aromatic N) is 3. The molecule has 3 aromatic rings. The molecule has 1 unspecified atom stereocenters. The zero-order chi connectivity index (χ0) is 24.9. The van der Waals surface area contributed by atoms with Gasteiger partial charge in [0.2, 0.25) is 5.91 Å². The first-order chi connectivity index (χ1) is 15.9. The van der Waals surface area contributed by atoms with Gasteiger partial charge in [0.15, 0.2) is 0 Å². The average Bonchev–Trinajstić information content (AvgIpc) is 3.55. The summed E-state index contributed by atoms with van der Waals surface area (Å²) in [6.07, 6.45) is 0.307. The lowest BCUT2D eigenvalue weighted by atomic mass is 9.99. The van der Waals surface area contributed by atoms with Crippen LogP contribution in [0.1, 0.15) is 55.8 Å². The molecule has 10 heteroatoms. The Balaban J connectivity index is 2.13. The predicted octanol–water partition coefficient (Wildman–Crippen LogP) is 4.51. The standard InChI is InChI=1S/C24H24ClFN4O4/c1-24(2,3)30(23(33)34)19(12-7-8-12)21-28-17-6-4-5-16(25)18(17)22(32)29(21)15-10-13(20(27)31)9-14(26)11-15/h4-6,9-12,19H,7-8H2,1-3H3,(H2,27,31)(H,33,34). The Kier molecular flexibility index (Phi) is 5.85. The van der Waals surface area contributed by atoms with E-state index in [9.17, 15) is 23.9 Å². The number of aromatic nitrogens is 2. The number of rotatable bonds is 5. The summed E-state index contributed by atoms with van der Waals surface area (Å²) in [5.41, 5.74) is 4.10. The molecule has 4 rings (SSSR count). The molecule has 1 atom stereocenters. The van der Waals surface area contributed by atoms with Gasteiger partial charge >= 0.3 is 6.09 Å². The second kappa shape index (κ2) is 8.39. The molecular formula is C24H24ClFN4O4. The molecule has 1 aliphatic carbocycles. The summed E-state index contributed by atoms with van der Waals surface area (Å²) in [6.45, 7) is 5.26. The van der Waals surface area contributed by atoms with E-state index in [4.69, 9.17) is 22.3 Å². The van der Waals surface area contributed by atoms with E-state index in [0.717, 1.165) is 29.5 Å². The first kappa shape index (κ1) is 23.7. The number of carboxylic acid groups (broad SMARTS) is 1. The number of carbonyl (C=O) groups excluding carboxylic acids is 1. The highest BCUT2D eigenvalue weighted by atomic mass is 35.5. The third-order valence-corrected chi connectivity index (χ3v) is 6.15. The molecule has 3 N–H and O–H groups in total. The van der Waals surface area contributed by atoms with Crippen LogP contribution in [0.5, 0.6) is 0 Å². The van der Waals surface area contributed by atoms with Gasteiger partial charge in [-0.05, 0) is 69.9 Å². The van der Waals surface area contributed by atoms with E-state index in [1.54, 1.807) is 32.9 Å². The number of nitrogens with two attached hydrogens (primary N) is 1. The van der Waals surface area contributed by atoms with Crippen LogP contribution in [0.25, 0.3) is 16.6 Å². The van der Waals surface area contributed by atoms with Crippen LogP contribution in [0.3, 0.4) is 0 Å². The molecule has 0 radical (unpaired) electrons. The van der Waals surface area contributed by atoms with Gasteiger partial charge in [-0.15, -0.1) is 0 Å². The number of benzene rings is 2. The van der Waals surface area contributed by atoms with Gasteiger partial charge in [-0.1, -0.05) is 17.7 Å². The Morgan fingerprint density at radius 2 is 1.94 bits per heavy atom. The average molecular weight is 487 g/mol. The van der Waals surface area contributed by atoms with Crippen LogP contribution in [0, 0.1) is 11.7 Å². The maximum absolute atomic E-state index is 14.5. The zero-order valence-corrected chi connectivity index (χ0v) is 19.6. The molecule has 0 saturated heterocycles. The van der Waals surface area contributed by atoms with Crippen molar-refractivity contribution < 1.29 is 19.1 Å². The second-order valence-electron chi connectivity index (χ2n) is 9.41. The third kappa shape index (κ3) is 4.23. The highest BCUT2D eigenvalue weighted by Gasteiger charge is 2.45. The summed E-state index contributed by atoms with van der Waals surface area (Å²) in [5, 5.41) is 10.4. The SMILES string of the molecule is CC(C)(C)N(C(=O)O)C(c1nc2cccc(Cl)c2c(=O)n1-c1cc(F)cc(C(N)=O)c1)C1CC1. The van der Waals surface area contributed by atoms with Crippen molar-refractivity contribution in [2.75, 3.05) is 0 Å². The lowest BCUT2D eigenvalue weighted by Gasteiger charge is -2.40. The van der Waals surface area contributed by atoms with Gasteiger partial charge in [0, 0.05) is 11.1 Å². The van der Waals surface area contributed by atoms with E-state index in [1.807, 2.05) is 0 Å². The van der Waals surface area contributed by atoms with E-state index in [2.05, 4.69) is 0 Å². The van der Waals surface area contributed by atoms with Crippen molar-refractivity contribution in [3.8, 4) is 5.69 Å². The molecule has 0 spiro atoms. The van der Waals surface area contributed by atoms with Crippen LogP contribution >= 0.6 is 11.6 Å². The minimum Gasteiger partial charge on any atom is -0.465 e. The van der Waals surface area contributed by atoms with Gasteiger partial charge in [0.05, 0.1) is 27.7 Å². The van der Waals surface area contributed by atoms with Crippen LogP contribution in [0.2, 0.25) is 5.02 Å². The van der Waals surface area contributed by atoms with Gasteiger partial charge in [-0.25, -0.2) is 14.2 Å². The van der Waals surface area contributed by atoms with Crippen molar-refractivity contribution in [3.63, 3.8) is 0 Å². The number of amides is 2. The Labute approximate surface area is 199 Å². The van der Waals surface area contributed by atoms with Crippen molar-refractivity contribution in [1.82, 2.24) is 14.5 Å². The monoisotopic (exact) mass is 486 g/mol. The fraction of sp³-hybridized carbons (Fsp3) is 0.333. The molecule has 178 valence electrons. The summed E-state index contributed by atoms with van der Waals surface area (Å²) >= 11 is 6.32. The Morgan fingerprint density at radius 1 is 1.26 bits per heavy atom. The fourth-order valence-corrected chi connectivity index (χ4v) is 4.52. The molecule has 1 saturated carbocycles. The maximum atomic E-state index is 14.5. The number of fused-ring (bicyclic) bond motifs is 1. The third-order valence-electron chi connectivity index (χ3n) is 5.84. The van der Waals surface area contributed by atoms with Gasteiger partial charge in [0.1, 0.15) is 11.6 Å². The van der Waals surface area contributed by atoms with E-state index in [1.165, 1.54) is 17.0 Å². The molecule has 2 aromatic carbocycles. The van der Waals surface area contributed by atoms with Crippen molar-refractivity contribution in [3.05, 3.63) is 69.0 Å². The number of primary amides is 1. The molecule has 8 nitrogen and oxygen atoms in total. The highest BCUT2D eigenvalue weighted by molar-refractivity contribution is 6.35. The molecule has 0 aliphatic heterocycles. The quantitative estimate of drug-likeness (QED) is 0.550. The van der Waals surface area contributed by atoms with Gasteiger partial charge in [0.25, 0.3) is 5.56 Å². The Hall–Kier alpha value is -3.46. The van der Waals surface area contributed by atoms with Crippen LogP contribution < -0.4 is 11.3 Å². The van der Waals surface area contributed by atoms with Gasteiger partial charge in [-0.3, -0.25) is 19.1 Å². The van der Waals surface area contributed by atoms with Crippen LogP contribution in [0.15, 0.2) is 41.2 Å². The highest BCUT2D eigenvalue weighted by Crippen LogP contribution is 2.46. The van der Waals surface area contributed by atoms with Gasteiger partial charge < -0.3 is 10.8 Å². The van der Waals surface area contributed by atoms with Crippen molar-refractivity contribution >= 4 is 34.5 Å². The largest absolute Gasteiger partial charge is 0.465 e. The number of hydrogen-bond donors (Lipinski definition) is 2. The van der Waals surface area contributed by atoms with E-state index in [-0.39, 0.29) is 33.4 Å². The van der Waals surface area contributed by atoms with Crippen LogP contribution in [0.4, 0.5) is 9.18 Å². The molecule has 1 aromatic heterocycles. The summed E-state index contributed by atoms with van der Waals surface area (Å²) < 4.78 is 15.7. The second-order valence-corrected chi connectivity index (χ2v) is 9.82. The molecule has 1 heterocycles. The lowest BCUT2D eigenvalue weighted by Crippen LogP contribution is -2.49. The van der Waals surface area contributed by atoms with Crippen molar-refractivity contribution in [2.24, 2.45) is 11.7 Å². The summed E-state index contributed by atoms with van der Waals surface area (Å²) in [4.78, 5) is 44.0. The molecule has 0 bridgehead atoms. The number of halogens is 2. The van der Waals surface area contributed by atoms with Crippen LogP contribution in [-0.2, 0) is 0 Å². The predicted molar refractivity (Wildman–Crippen MR) is 126 cm³/mol.